The number of hydrogen-bond acceptors (Lipinski definition) is 8. The topological polar surface area (TPSA) is 143 Å². The van der Waals surface area contributed by atoms with Crippen LogP contribution in [0, 0.1) is 0 Å². The summed E-state index contributed by atoms with van der Waals surface area (Å²) in [6.45, 7) is 3.60. The summed E-state index contributed by atoms with van der Waals surface area (Å²) in [6.07, 6.45) is 5.78. The Morgan fingerprint density at radius 3 is 2.14 bits per heavy atom. The highest BCUT2D eigenvalue weighted by atomic mass is 32.2. The van der Waals surface area contributed by atoms with Crippen molar-refractivity contribution < 1.29 is 23.1 Å². The summed E-state index contributed by atoms with van der Waals surface area (Å²) in [5.41, 5.74) is 6.92. The molecule has 196 valence electrons. The van der Waals surface area contributed by atoms with Crippen LogP contribution >= 0.6 is 0 Å². The van der Waals surface area contributed by atoms with Gasteiger partial charge in [-0.25, -0.2) is 14.8 Å². The number of hydrazine groups is 1. The molecule has 1 atom stereocenters. The molecule has 0 radical (unpaired) electrons. The molecular formula is C25H29N6O5S-. The summed E-state index contributed by atoms with van der Waals surface area (Å²) >= 11 is -2.68. The quantitative estimate of drug-likeness (QED) is 0.324. The number of ketones is 1. The average molecular weight is 526 g/mol. The van der Waals surface area contributed by atoms with E-state index in [1.807, 2.05) is 12.1 Å². The normalized spacial score (nSPS) is 18.6. The minimum Gasteiger partial charge on any atom is -0.755 e. The van der Waals surface area contributed by atoms with Crippen LogP contribution in [0.5, 0.6) is 0 Å². The number of nitrogens with two attached hydrogens (primary N) is 1. The van der Waals surface area contributed by atoms with Gasteiger partial charge in [-0.3, -0.25) is 23.1 Å². The van der Waals surface area contributed by atoms with E-state index in [0.29, 0.717) is 73.2 Å². The summed E-state index contributed by atoms with van der Waals surface area (Å²) in [5.74, 6) is -0.251. The van der Waals surface area contributed by atoms with Crippen molar-refractivity contribution in [2.24, 2.45) is 5.73 Å². The fourth-order valence-electron chi connectivity index (χ4n) is 4.62. The monoisotopic (exact) mass is 525 g/mol. The molecule has 1 aromatic carbocycles. The van der Waals surface area contributed by atoms with Crippen molar-refractivity contribution >= 4 is 35.1 Å². The van der Waals surface area contributed by atoms with Gasteiger partial charge in [0.05, 0.1) is 17.0 Å². The number of aromatic nitrogens is 1. The molecule has 2 N–H and O–H groups in total. The maximum atomic E-state index is 13.0. The Bertz CT molecular complexity index is 1150. The van der Waals surface area contributed by atoms with Crippen LogP contribution in [0.25, 0.3) is 6.08 Å². The first-order valence-electron chi connectivity index (χ1n) is 12.0. The zero-order valence-electron chi connectivity index (χ0n) is 20.3. The Labute approximate surface area is 217 Å². The van der Waals surface area contributed by atoms with Gasteiger partial charge < -0.3 is 15.2 Å². The zero-order valence-corrected chi connectivity index (χ0v) is 21.1. The number of urea groups is 1. The van der Waals surface area contributed by atoms with Crippen LogP contribution < -0.4 is 5.73 Å². The fraction of sp³-hybridized carbons (Fsp3) is 0.360. The Hall–Kier alpha value is -3.45. The van der Waals surface area contributed by atoms with Crippen molar-refractivity contribution in [2.75, 3.05) is 39.3 Å². The molecule has 0 aliphatic carbocycles. The zero-order chi connectivity index (χ0) is 26.4. The van der Waals surface area contributed by atoms with Crippen LogP contribution in [0.1, 0.15) is 39.3 Å². The van der Waals surface area contributed by atoms with Gasteiger partial charge in [0.15, 0.2) is 5.78 Å². The van der Waals surface area contributed by atoms with Crippen LogP contribution in [-0.2, 0) is 11.3 Å². The number of piperazine rings is 1. The van der Waals surface area contributed by atoms with Gasteiger partial charge in [-0.1, -0.05) is 18.2 Å². The van der Waals surface area contributed by atoms with E-state index < -0.39 is 23.3 Å². The number of rotatable bonds is 7. The molecule has 2 fully saturated rings. The Kier molecular flexibility index (Phi) is 8.77. The fourth-order valence-corrected chi connectivity index (χ4v) is 5.22. The molecule has 12 heteroatoms. The van der Waals surface area contributed by atoms with Crippen LogP contribution in [-0.4, -0.2) is 96.0 Å². The highest BCUT2D eigenvalue weighted by molar-refractivity contribution is 7.77. The lowest BCUT2D eigenvalue weighted by Gasteiger charge is -2.45. The first kappa shape index (κ1) is 26.6. The number of pyridine rings is 1. The van der Waals surface area contributed by atoms with Crippen molar-refractivity contribution in [3.05, 3.63) is 71.6 Å². The lowest BCUT2D eigenvalue weighted by molar-refractivity contribution is -0.0701. The van der Waals surface area contributed by atoms with E-state index in [0.717, 1.165) is 0 Å². The summed E-state index contributed by atoms with van der Waals surface area (Å²) in [7, 11) is 0. The number of benzene rings is 1. The van der Waals surface area contributed by atoms with Crippen molar-refractivity contribution in [2.45, 2.75) is 18.9 Å². The van der Waals surface area contributed by atoms with Gasteiger partial charge in [-0.05, 0) is 49.3 Å². The molecule has 0 saturated carbocycles. The molecule has 37 heavy (non-hydrogen) atoms. The number of allylic oxidation sites excluding steroid dienone is 1. The van der Waals surface area contributed by atoms with Crippen molar-refractivity contribution in [1.29, 1.82) is 0 Å². The average Bonchev–Trinajstić information content (AvgIpc) is 2.92. The Balaban J connectivity index is 1.26. The Morgan fingerprint density at radius 1 is 0.946 bits per heavy atom. The smallest absolute Gasteiger partial charge is 0.326 e. The van der Waals surface area contributed by atoms with Crippen molar-refractivity contribution in [1.82, 2.24) is 24.2 Å². The van der Waals surface area contributed by atoms with Gasteiger partial charge in [-0.2, -0.15) is 0 Å². The van der Waals surface area contributed by atoms with Gasteiger partial charge in [0.2, 0.25) is 0 Å². The van der Waals surface area contributed by atoms with Gasteiger partial charge in [0.25, 0.3) is 5.91 Å². The van der Waals surface area contributed by atoms with Crippen molar-refractivity contribution in [3.8, 4) is 0 Å². The number of hydrogen-bond donors (Lipinski definition) is 1. The Morgan fingerprint density at radius 2 is 1.57 bits per heavy atom. The minimum atomic E-state index is -2.68. The van der Waals surface area contributed by atoms with Gasteiger partial charge in [-0.15, -0.1) is 0 Å². The first-order chi connectivity index (χ1) is 17.8. The second-order valence-electron chi connectivity index (χ2n) is 8.84. The molecule has 0 spiro atoms. The maximum absolute atomic E-state index is 13.0. The molecule has 1 aromatic heterocycles. The van der Waals surface area contributed by atoms with E-state index in [2.05, 4.69) is 15.0 Å². The molecule has 2 aliphatic rings. The van der Waals surface area contributed by atoms with Gasteiger partial charge in [0.1, 0.15) is 0 Å². The third-order valence-corrected chi connectivity index (χ3v) is 7.40. The molecule has 3 amide bonds. The molecule has 11 nitrogen and oxygen atoms in total. The van der Waals surface area contributed by atoms with Crippen LogP contribution in [0.15, 0.2) is 54.7 Å². The predicted molar refractivity (Wildman–Crippen MR) is 136 cm³/mol. The van der Waals surface area contributed by atoms with E-state index in [1.54, 1.807) is 47.5 Å². The number of amides is 3. The van der Waals surface area contributed by atoms with Crippen molar-refractivity contribution in [3.63, 3.8) is 0 Å². The molecule has 0 bridgehead atoms. The summed E-state index contributed by atoms with van der Waals surface area (Å²) in [5, 5.41) is 4.31. The highest BCUT2D eigenvalue weighted by Crippen LogP contribution is 2.20. The lowest BCUT2D eigenvalue weighted by Crippen LogP contribution is -2.58. The second kappa shape index (κ2) is 12.2. The number of carbonyl (C=O) groups is 3. The van der Waals surface area contributed by atoms with E-state index in [4.69, 9.17) is 5.73 Å². The molecular weight excluding hydrogens is 496 g/mol. The molecule has 2 aliphatic heterocycles. The van der Waals surface area contributed by atoms with E-state index in [-0.39, 0.29) is 11.7 Å². The second-order valence-corrected chi connectivity index (χ2v) is 9.67. The van der Waals surface area contributed by atoms with E-state index >= 15 is 0 Å². The third-order valence-electron chi connectivity index (χ3n) is 6.60. The number of nitrogens with zero attached hydrogens (tertiary/aromatic N) is 5. The largest absolute Gasteiger partial charge is 0.755 e. The molecule has 1 unspecified atom stereocenters. The van der Waals surface area contributed by atoms with Gasteiger partial charge in [0, 0.05) is 62.6 Å². The number of primary amides is 1. The van der Waals surface area contributed by atoms with Crippen LogP contribution in [0.2, 0.25) is 0 Å². The van der Waals surface area contributed by atoms with E-state index in [1.165, 1.54) is 6.08 Å². The first-order valence-corrected chi connectivity index (χ1v) is 13.1. The molecule has 3 heterocycles. The maximum Gasteiger partial charge on any atom is 0.326 e. The highest BCUT2D eigenvalue weighted by Gasteiger charge is 2.32. The summed E-state index contributed by atoms with van der Waals surface area (Å²) in [4.78, 5) is 42.8. The standard InChI is InChI=1S/C25H30N6O5S/c26-25(34)31(37(35)36)22-10-13-29(14-11-22)30-17-15-28(16-18-30)24(33)20-6-4-19(5-7-20)23(32)9-8-21-3-1-2-12-27-21/h1-9,12,22H,10-11,13-18H2,(H2,26,34)(H,35,36)/p-1. The van der Waals surface area contributed by atoms with Crippen LogP contribution in [0.3, 0.4) is 0 Å². The molecule has 2 aromatic rings. The third kappa shape index (κ3) is 6.66. The number of piperidine rings is 1. The predicted octanol–water partition coefficient (Wildman–Crippen LogP) is 1.29. The van der Waals surface area contributed by atoms with Gasteiger partial charge >= 0.3 is 6.03 Å². The lowest BCUT2D eigenvalue weighted by atomic mass is 10.1. The van der Waals surface area contributed by atoms with Crippen LogP contribution in [0.4, 0.5) is 4.79 Å². The molecule has 4 rings (SSSR count). The number of carbonyl (C=O) groups excluding carboxylic acids is 3. The molecule has 2 saturated heterocycles. The summed E-state index contributed by atoms with van der Waals surface area (Å²) in [6, 6.07) is 10.7. The SMILES string of the molecule is NC(=O)N(C1CCN(N2CCN(C(=O)c3ccc(C(=O)C=Cc4ccccn4)cc3)CC2)CC1)S(=O)[O-]. The minimum absolute atomic E-state index is 0.0867. The van der Waals surface area contributed by atoms with E-state index in [9.17, 15) is 23.1 Å². The summed E-state index contributed by atoms with van der Waals surface area (Å²) < 4.78 is 23.3.